The summed E-state index contributed by atoms with van der Waals surface area (Å²) in [5.41, 5.74) is 0.965. The van der Waals surface area contributed by atoms with Crippen LogP contribution in [0.15, 0.2) is 30.3 Å². The molecule has 1 aromatic carbocycles. The normalized spacial score (nSPS) is 23.8. The molecule has 0 N–H and O–H groups in total. The summed E-state index contributed by atoms with van der Waals surface area (Å²) >= 11 is 5.82. The molecule has 1 aliphatic heterocycles. The summed E-state index contributed by atoms with van der Waals surface area (Å²) in [6, 6.07) is 7.39. The van der Waals surface area contributed by atoms with E-state index in [-0.39, 0.29) is 18.1 Å². The van der Waals surface area contributed by atoms with Crippen LogP contribution in [0.25, 0.3) is 6.08 Å². The van der Waals surface area contributed by atoms with Gasteiger partial charge in [0.2, 0.25) is 5.91 Å². The van der Waals surface area contributed by atoms with Gasteiger partial charge in [-0.25, -0.2) is 0 Å². The minimum absolute atomic E-state index is 0.0250. The number of carbonyl (C=O) groups is 1. The molecule has 0 radical (unpaired) electrons. The van der Waals surface area contributed by atoms with Crippen molar-refractivity contribution in [2.24, 2.45) is 0 Å². The number of nitrogens with zero attached hydrogens (tertiary/aromatic N) is 1. The maximum absolute atomic E-state index is 12.1. The van der Waals surface area contributed by atoms with Crippen molar-refractivity contribution >= 4 is 23.6 Å². The minimum Gasteiger partial charge on any atom is -0.372 e. The highest BCUT2D eigenvalue weighted by Crippen LogP contribution is 2.13. The van der Waals surface area contributed by atoms with Gasteiger partial charge < -0.3 is 9.64 Å². The summed E-state index contributed by atoms with van der Waals surface area (Å²) in [6.07, 6.45) is 3.60. The number of hydrogen-bond acceptors (Lipinski definition) is 2. The molecule has 3 nitrogen and oxygen atoms in total. The van der Waals surface area contributed by atoms with Gasteiger partial charge in [-0.3, -0.25) is 4.79 Å². The van der Waals surface area contributed by atoms with Crippen LogP contribution in [0.1, 0.15) is 19.4 Å². The van der Waals surface area contributed by atoms with Crippen LogP contribution >= 0.6 is 11.6 Å². The topological polar surface area (TPSA) is 29.5 Å². The number of ether oxygens (including phenoxy) is 1. The number of halogens is 1. The van der Waals surface area contributed by atoms with Crippen molar-refractivity contribution in [2.45, 2.75) is 26.1 Å². The van der Waals surface area contributed by atoms with Crippen LogP contribution < -0.4 is 0 Å². The van der Waals surface area contributed by atoms with Crippen molar-refractivity contribution in [1.29, 1.82) is 0 Å². The van der Waals surface area contributed by atoms with Crippen LogP contribution in [0.4, 0.5) is 0 Å². The molecule has 2 rings (SSSR count). The first kappa shape index (κ1) is 14.1. The van der Waals surface area contributed by atoms with E-state index in [0.717, 1.165) is 5.56 Å². The van der Waals surface area contributed by atoms with Crippen LogP contribution in [-0.4, -0.2) is 36.1 Å². The highest BCUT2D eigenvalue weighted by molar-refractivity contribution is 6.30. The van der Waals surface area contributed by atoms with Gasteiger partial charge in [0, 0.05) is 24.2 Å². The lowest BCUT2D eigenvalue weighted by Gasteiger charge is -2.34. The molecule has 4 heteroatoms. The Morgan fingerprint density at radius 3 is 2.42 bits per heavy atom. The smallest absolute Gasteiger partial charge is 0.246 e. The monoisotopic (exact) mass is 279 g/mol. The van der Waals surface area contributed by atoms with E-state index in [1.165, 1.54) is 0 Å². The van der Waals surface area contributed by atoms with Crippen LogP contribution in [0.3, 0.4) is 0 Å². The highest BCUT2D eigenvalue weighted by atomic mass is 35.5. The lowest BCUT2D eigenvalue weighted by molar-refractivity contribution is -0.137. The van der Waals surface area contributed by atoms with E-state index >= 15 is 0 Å². The minimum atomic E-state index is 0.0250. The number of hydrogen-bond donors (Lipinski definition) is 0. The van der Waals surface area contributed by atoms with E-state index in [0.29, 0.717) is 18.1 Å². The van der Waals surface area contributed by atoms with Crippen molar-refractivity contribution in [1.82, 2.24) is 4.90 Å². The van der Waals surface area contributed by atoms with Crippen molar-refractivity contribution in [3.63, 3.8) is 0 Å². The molecule has 1 heterocycles. The zero-order valence-corrected chi connectivity index (χ0v) is 11.9. The Hall–Kier alpha value is -1.32. The molecule has 0 aromatic heterocycles. The maximum atomic E-state index is 12.1. The van der Waals surface area contributed by atoms with Crippen LogP contribution in [-0.2, 0) is 9.53 Å². The van der Waals surface area contributed by atoms with Crippen molar-refractivity contribution in [3.8, 4) is 0 Å². The Morgan fingerprint density at radius 2 is 1.84 bits per heavy atom. The molecular formula is C15H18ClNO2. The summed E-state index contributed by atoms with van der Waals surface area (Å²) in [7, 11) is 0. The van der Waals surface area contributed by atoms with E-state index in [1.807, 2.05) is 49.1 Å². The first-order valence-corrected chi connectivity index (χ1v) is 6.80. The van der Waals surface area contributed by atoms with E-state index in [1.54, 1.807) is 6.08 Å². The number of benzene rings is 1. The largest absolute Gasteiger partial charge is 0.372 e. The predicted octanol–water partition coefficient (Wildman–Crippen LogP) is 2.99. The van der Waals surface area contributed by atoms with Gasteiger partial charge >= 0.3 is 0 Å². The maximum Gasteiger partial charge on any atom is 0.246 e. The molecule has 102 valence electrons. The summed E-state index contributed by atoms with van der Waals surface area (Å²) in [5.74, 6) is 0.0250. The fourth-order valence-corrected chi connectivity index (χ4v) is 2.33. The first-order chi connectivity index (χ1) is 9.04. The second-order valence-corrected chi connectivity index (χ2v) is 5.32. The number of morpholine rings is 1. The van der Waals surface area contributed by atoms with E-state index < -0.39 is 0 Å². The molecule has 1 amide bonds. The average Bonchev–Trinajstić information content (AvgIpc) is 2.36. The fourth-order valence-electron chi connectivity index (χ4n) is 2.20. The van der Waals surface area contributed by atoms with E-state index in [2.05, 4.69) is 0 Å². The third-order valence-corrected chi connectivity index (χ3v) is 3.27. The molecule has 0 bridgehead atoms. The molecule has 1 fully saturated rings. The van der Waals surface area contributed by atoms with Gasteiger partial charge in [0.05, 0.1) is 12.2 Å². The van der Waals surface area contributed by atoms with Crippen LogP contribution in [0, 0.1) is 0 Å². The van der Waals surface area contributed by atoms with Gasteiger partial charge in [-0.15, -0.1) is 0 Å². The SMILES string of the molecule is CC1CN(C(=O)C=Cc2ccc(Cl)cc2)CC(C)O1. The zero-order chi connectivity index (χ0) is 13.8. The number of rotatable bonds is 2. The summed E-state index contributed by atoms with van der Waals surface area (Å²) in [6.45, 7) is 5.26. The van der Waals surface area contributed by atoms with Gasteiger partial charge in [0.15, 0.2) is 0 Å². The molecule has 2 unspecified atom stereocenters. The predicted molar refractivity (Wildman–Crippen MR) is 77.1 cm³/mol. The molecule has 19 heavy (non-hydrogen) atoms. The van der Waals surface area contributed by atoms with Crippen molar-refractivity contribution in [2.75, 3.05) is 13.1 Å². The molecule has 1 aliphatic rings. The second kappa shape index (κ2) is 6.22. The third kappa shape index (κ3) is 4.08. The summed E-state index contributed by atoms with van der Waals surface area (Å²) in [5, 5.41) is 0.694. The quantitative estimate of drug-likeness (QED) is 0.779. The van der Waals surface area contributed by atoms with Gasteiger partial charge in [0.1, 0.15) is 0 Å². The molecule has 2 atom stereocenters. The molecule has 0 saturated carbocycles. The van der Waals surface area contributed by atoms with Gasteiger partial charge in [-0.1, -0.05) is 23.7 Å². The summed E-state index contributed by atoms with van der Waals surface area (Å²) < 4.78 is 5.61. The summed E-state index contributed by atoms with van der Waals surface area (Å²) in [4.78, 5) is 13.9. The van der Waals surface area contributed by atoms with Gasteiger partial charge in [-0.2, -0.15) is 0 Å². The Labute approximate surface area is 118 Å². The Bertz CT molecular complexity index is 460. The molecule has 1 saturated heterocycles. The fraction of sp³-hybridized carbons (Fsp3) is 0.400. The van der Waals surface area contributed by atoms with E-state index in [4.69, 9.17) is 16.3 Å². The lowest BCUT2D eigenvalue weighted by atomic mass is 10.2. The average molecular weight is 280 g/mol. The van der Waals surface area contributed by atoms with Gasteiger partial charge in [-0.05, 0) is 37.6 Å². The third-order valence-electron chi connectivity index (χ3n) is 3.02. The molecule has 0 spiro atoms. The Balaban J connectivity index is 1.98. The molecule has 1 aromatic rings. The zero-order valence-electron chi connectivity index (χ0n) is 11.2. The van der Waals surface area contributed by atoms with Crippen molar-refractivity contribution in [3.05, 3.63) is 40.9 Å². The lowest BCUT2D eigenvalue weighted by Crippen LogP contribution is -2.47. The number of amides is 1. The molecular weight excluding hydrogens is 262 g/mol. The van der Waals surface area contributed by atoms with Crippen LogP contribution in [0.2, 0.25) is 5.02 Å². The van der Waals surface area contributed by atoms with Gasteiger partial charge in [0.25, 0.3) is 0 Å². The Morgan fingerprint density at radius 1 is 1.26 bits per heavy atom. The second-order valence-electron chi connectivity index (χ2n) is 4.89. The first-order valence-electron chi connectivity index (χ1n) is 6.42. The number of carbonyl (C=O) groups excluding carboxylic acids is 1. The van der Waals surface area contributed by atoms with Crippen LogP contribution in [0.5, 0.6) is 0 Å². The highest BCUT2D eigenvalue weighted by Gasteiger charge is 2.24. The van der Waals surface area contributed by atoms with E-state index in [9.17, 15) is 4.79 Å². The molecule has 0 aliphatic carbocycles. The van der Waals surface area contributed by atoms with Crippen molar-refractivity contribution < 1.29 is 9.53 Å². The standard InChI is InChI=1S/C15H18ClNO2/c1-11-9-17(10-12(2)19-11)15(18)8-5-13-3-6-14(16)7-4-13/h3-8,11-12H,9-10H2,1-2H3. The Kier molecular flexibility index (Phi) is 4.61.